The molecule has 0 fully saturated rings. The Balaban J connectivity index is 1.60. The fourth-order valence-corrected chi connectivity index (χ4v) is 3.13. The SMILES string of the molecule is COc1cc(OC)cc(-c2nnc(SCC(=O)N[C@H](C)c3ccccc3)o2)c1. The van der Waals surface area contributed by atoms with E-state index in [-0.39, 0.29) is 17.7 Å². The zero-order valence-electron chi connectivity index (χ0n) is 15.8. The minimum Gasteiger partial charge on any atom is -0.497 e. The summed E-state index contributed by atoms with van der Waals surface area (Å²) in [5.41, 5.74) is 1.73. The monoisotopic (exact) mass is 399 g/mol. The van der Waals surface area contributed by atoms with Crippen LogP contribution in [-0.4, -0.2) is 36.1 Å². The van der Waals surface area contributed by atoms with Crippen molar-refractivity contribution in [1.29, 1.82) is 0 Å². The molecule has 0 aliphatic carbocycles. The number of hydrogen-bond donors (Lipinski definition) is 1. The van der Waals surface area contributed by atoms with Crippen molar-refractivity contribution in [2.75, 3.05) is 20.0 Å². The Hall–Kier alpha value is -3.00. The molecular weight excluding hydrogens is 378 g/mol. The highest BCUT2D eigenvalue weighted by molar-refractivity contribution is 7.99. The van der Waals surface area contributed by atoms with E-state index in [2.05, 4.69) is 15.5 Å². The summed E-state index contributed by atoms with van der Waals surface area (Å²) in [7, 11) is 3.14. The van der Waals surface area contributed by atoms with Crippen molar-refractivity contribution in [3.8, 4) is 23.0 Å². The van der Waals surface area contributed by atoms with Crippen molar-refractivity contribution in [2.24, 2.45) is 0 Å². The van der Waals surface area contributed by atoms with Crippen molar-refractivity contribution in [3.63, 3.8) is 0 Å². The van der Waals surface area contributed by atoms with Crippen LogP contribution in [0.5, 0.6) is 11.5 Å². The van der Waals surface area contributed by atoms with Gasteiger partial charge in [0.05, 0.1) is 26.0 Å². The third kappa shape index (κ3) is 5.04. The lowest BCUT2D eigenvalue weighted by atomic mass is 10.1. The van der Waals surface area contributed by atoms with Gasteiger partial charge < -0.3 is 19.2 Å². The second-order valence-corrected chi connectivity index (χ2v) is 6.89. The van der Waals surface area contributed by atoms with Gasteiger partial charge in [-0.15, -0.1) is 10.2 Å². The van der Waals surface area contributed by atoms with E-state index in [1.54, 1.807) is 32.4 Å². The van der Waals surface area contributed by atoms with Crippen molar-refractivity contribution in [2.45, 2.75) is 18.2 Å². The van der Waals surface area contributed by atoms with Crippen LogP contribution >= 0.6 is 11.8 Å². The number of nitrogens with one attached hydrogen (secondary N) is 1. The summed E-state index contributed by atoms with van der Waals surface area (Å²) in [4.78, 5) is 12.2. The van der Waals surface area contributed by atoms with Gasteiger partial charge in [0.25, 0.3) is 5.22 Å². The van der Waals surface area contributed by atoms with Crippen LogP contribution < -0.4 is 14.8 Å². The maximum absolute atomic E-state index is 12.2. The van der Waals surface area contributed by atoms with Gasteiger partial charge in [0.15, 0.2) is 0 Å². The average Bonchev–Trinajstić information content (AvgIpc) is 3.21. The van der Waals surface area contributed by atoms with Gasteiger partial charge in [-0.25, -0.2) is 0 Å². The number of ether oxygens (including phenoxy) is 2. The minimum absolute atomic E-state index is 0.0724. The minimum atomic E-state index is -0.107. The van der Waals surface area contributed by atoms with Crippen molar-refractivity contribution in [1.82, 2.24) is 15.5 Å². The molecule has 1 amide bonds. The fourth-order valence-electron chi connectivity index (χ4n) is 2.55. The molecule has 3 rings (SSSR count). The van der Waals surface area contributed by atoms with E-state index in [0.29, 0.717) is 28.2 Å². The van der Waals surface area contributed by atoms with Gasteiger partial charge in [0, 0.05) is 11.6 Å². The molecule has 146 valence electrons. The lowest BCUT2D eigenvalue weighted by Crippen LogP contribution is -2.28. The van der Waals surface area contributed by atoms with Gasteiger partial charge in [0.2, 0.25) is 11.8 Å². The number of nitrogens with zero attached hydrogens (tertiary/aromatic N) is 2. The largest absolute Gasteiger partial charge is 0.497 e. The molecule has 0 aliphatic rings. The smallest absolute Gasteiger partial charge is 0.277 e. The number of amides is 1. The maximum Gasteiger partial charge on any atom is 0.277 e. The Morgan fingerprint density at radius 2 is 1.79 bits per heavy atom. The summed E-state index contributed by atoms with van der Waals surface area (Å²) in [6.07, 6.45) is 0. The van der Waals surface area contributed by atoms with Crippen LogP contribution in [0.3, 0.4) is 0 Å². The molecule has 3 aromatic rings. The predicted molar refractivity (Wildman–Crippen MR) is 107 cm³/mol. The molecule has 8 heteroatoms. The average molecular weight is 399 g/mol. The standard InChI is InChI=1S/C20H21N3O4S/c1-13(14-7-5-4-6-8-14)21-18(24)12-28-20-23-22-19(27-20)15-9-16(25-2)11-17(10-15)26-3/h4-11,13H,12H2,1-3H3,(H,21,24)/t13-/m1/s1. The van der Waals surface area contributed by atoms with Crippen LogP contribution in [-0.2, 0) is 4.79 Å². The van der Waals surface area contributed by atoms with E-state index in [1.165, 1.54) is 11.8 Å². The molecule has 1 atom stereocenters. The highest BCUT2D eigenvalue weighted by atomic mass is 32.2. The number of aromatic nitrogens is 2. The molecular formula is C20H21N3O4S. The Labute approximate surface area is 167 Å². The lowest BCUT2D eigenvalue weighted by Gasteiger charge is -2.13. The summed E-state index contributed by atoms with van der Waals surface area (Å²) in [5, 5.41) is 11.3. The molecule has 1 heterocycles. The quantitative estimate of drug-likeness (QED) is 0.578. The molecule has 0 radical (unpaired) electrons. The third-order valence-electron chi connectivity index (χ3n) is 4.01. The summed E-state index contributed by atoms with van der Waals surface area (Å²) < 4.78 is 16.2. The Kier molecular flexibility index (Phi) is 6.54. The van der Waals surface area contributed by atoms with Crippen LogP contribution in [0.25, 0.3) is 11.5 Å². The number of carbonyl (C=O) groups is 1. The van der Waals surface area contributed by atoms with Gasteiger partial charge in [-0.3, -0.25) is 4.79 Å². The summed E-state index contributed by atoms with van der Waals surface area (Å²) in [6.45, 7) is 1.94. The zero-order chi connectivity index (χ0) is 19.9. The summed E-state index contributed by atoms with van der Waals surface area (Å²) in [6, 6.07) is 15.0. The van der Waals surface area contributed by atoms with Crippen molar-refractivity contribution in [3.05, 3.63) is 54.1 Å². The first-order valence-corrected chi connectivity index (χ1v) is 9.61. The normalized spacial score (nSPS) is 11.7. The molecule has 0 saturated heterocycles. The predicted octanol–water partition coefficient (Wildman–Crippen LogP) is 3.72. The third-order valence-corrected chi connectivity index (χ3v) is 4.83. The van der Waals surface area contributed by atoms with E-state index in [4.69, 9.17) is 13.9 Å². The number of hydrogen-bond acceptors (Lipinski definition) is 7. The van der Waals surface area contributed by atoms with Gasteiger partial charge in [-0.1, -0.05) is 42.1 Å². The number of methoxy groups -OCH3 is 2. The number of thioether (sulfide) groups is 1. The van der Waals surface area contributed by atoms with E-state index in [1.807, 2.05) is 37.3 Å². The van der Waals surface area contributed by atoms with Gasteiger partial charge in [0.1, 0.15) is 11.5 Å². The molecule has 0 aliphatic heterocycles. The van der Waals surface area contributed by atoms with Crippen LogP contribution in [0, 0.1) is 0 Å². The van der Waals surface area contributed by atoms with Crippen LogP contribution in [0.1, 0.15) is 18.5 Å². The highest BCUT2D eigenvalue weighted by Gasteiger charge is 2.14. The molecule has 0 spiro atoms. The second-order valence-electron chi connectivity index (χ2n) is 5.96. The van der Waals surface area contributed by atoms with Crippen molar-refractivity contribution >= 4 is 17.7 Å². The van der Waals surface area contributed by atoms with Crippen LogP contribution in [0.15, 0.2) is 58.2 Å². The molecule has 1 aromatic heterocycles. The molecule has 0 saturated carbocycles. The zero-order valence-corrected chi connectivity index (χ0v) is 16.7. The summed E-state index contributed by atoms with van der Waals surface area (Å²) >= 11 is 1.19. The highest BCUT2D eigenvalue weighted by Crippen LogP contribution is 2.30. The van der Waals surface area contributed by atoms with Crippen LogP contribution in [0.2, 0.25) is 0 Å². The molecule has 0 bridgehead atoms. The number of rotatable bonds is 8. The Bertz CT molecular complexity index is 908. The van der Waals surface area contributed by atoms with Gasteiger partial charge in [-0.05, 0) is 24.6 Å². The van der Waals surface area contributed by atoms with E-state index in [0.717, 1.165) is 5.56 Å². The molecule has 1 N–H and O–H groups in total. The van der Waals surface area contributed by atoms with E-state index < -0.39 is 0 Å². The van der Waals surface area contributed by atoms with E-state index in [9.17, 15) is 4.79 Å². The topological polar surface area (TPSA) is 86.5 Å². The lowest BCUT2D eigenvalue weighted by molar-refractivity contribution is -0.119. The van der Waals surface area contributed by atoms with Crippen LogP contribution in [0.4, 0.5) is 0 Å². The fraction of sp³-hybridized carbons (Fsp3) is 0.250. The van der Waals surface area contributed by atoms with Gasteiger partial charge >= 0.3 is 0 Å². The Morgan fingerprint density at radius 3 is 2.43 bits per heavy atom. The number of carbonyl (C=O) groups excluding carboxylic acids is 1. The summed E-state index contributed by atoms with van der Waals surface area (Å²) in [5.74, 6) is 1.65. The first-order valence-electron chi connectivity index (χ1n) is 8.63. The van der Waals surface area contributed by atoms with E-state index >= 15 is 0 Å². The Morgan fingerprint density at radius 1 is 1.11 bits per heavy atom. The maximum atomic E-state index is 12.2. The second kappa shape index (κ2) is 9.27. The first kappa shape index (κ1) is 19.8. The molecule has 7 nitrogen and oxygen atoms in total. The first-order chi connectivity index (χ1) is 13.6. The van der Waals surface area contributed by atoms with Gasteiger partial charge in [-0.2, -0.15) is 0 Å². The van der Waals surface area contributed by atoms with Crippen molar-refractivity contribution < 1.29 is 18.7 Å². The molecule has 28 heavy (non-hydrogen) atoms. The molecule has 0 unspecified atom stereocenters. The molecule has 2 aromatic carbocycles. The number of benzene rings is 2.